The van der Waals surface area contributed by atoms with Crippen LogP contribution in [0.1, 0.15) is 34.1 Å². The summed E-state index contributed by atoms with van der Waals surface area (Å²) in [5.41, 5.74) is 0.115. The van der Waals surface area contributed by atoms with Crippen LogP contribution in [0.3, 0.4) is 0 Å². The van der Waals surface area contributed by atoms with Gasteiger partial charge in [-0.05, 0) is 32.7 Å². The molecule has 0 aliphatic carbocycles. The fourth-order valence-corrected chi connectivity index (χ4v) is 1.85. The molecule has 0 spiro atoms. The van der Waals surface area contributed by atoms with E-state index >= 15 is 0 Å². The average Bonchev–Trinajstić information content (AvgIpc) is 2.41. The molecule has 0 bridgehead atoms. The van der Waals surface area contributed by atoms with Gasteiger partial charge in [0.25, 0.3) is 0 Å². The lowest BCUT2D eigenvalue weighted by atomic mass is 10.0. The third-order valence-corrected chi connectivity index (χ3v) is 3.14. The highest BCUT2D eigenvalue weighted by Gasteiger charge is 2.15. The second kappa shape index (κ2) is 12.5. The predicted octanol–water partition coefficient (Wildman–Crippen LogP) is 0.162. The normalized spacial score (nSPS) is 15.9. The molecule has 5 nitrogen and oxygen atoms in total. The van der Waals surface area contributed by atoms with Crippen LogP contribution < -0.4 is 21.3 Å². The van der Waals surface area contributed by atoms with Gasteiger partial charge in [0, 0.05) is 44.8 Å². The van der Waals surface area contributed by atoms with Gasteiger partial charge in [0.1, 0.15) is 0 Å². The standard InChI is InChI=1S/C11H26N2O.C4H10N2/c1-10(2)5-6-13-11(3,4)9-12-7-8-14;1-2-6-4-3-5-1/h10,12-14H,5-9H2,1-4H3;5-6H,1-4H2. The molecule has 1 rings (SSSR count). The van der Waals surface area contributed by atoms with E-state index in [1.54, 1.807) is 0 Å². The number of rotatable bonds is 8. The summed E-state index contributed by atoms with van der Waals surface area (Å²) in [5.74, 6) is 0.753. The number of nitrogens with one attached hydrogen (secondary N) is 4. The lowest BCUT2D eigenvalue weighted by molar-refractivity contribution is 0.278. The van der Waals surface area contributed by atoms with Gasteiger partial charge in [0.05, 0.1) is 6.61 Å². The largest absolute Gasteiger partial charge is 0.395 e. The number of hydrogen-bond acceptors (Lipinski definition) is 5. The molecule has 1 aliphatic rings. The molecule has 5 heteroatoms. The summed E-state index contributed by atoms with van der Waals surface area (Å²) in [5, 5.41) is 21.8. The first-order valence-electron chi connectivity index (χ1n) is 7.96. The van der Waals surface area contributed by atoms with Crippen LogP contribution in [0.15, 0.2) is 0 Å². The fraction of sp³-hybridized carbons (Fsp3) is 1.00. The minimum absolute atomic E-state index is 0.115. The molecule has 0 atom stereocenters. The van der Waals surface area contributed by atoms with Crippen molar-refractivity contribution in [1.82, 2.24) is 21.3 Å². The van der Waals surface area contributed by atoms with Crippen molar-refractivity contribution < 1.29 is 5.11 Å². The summed E-state index contributed by atoms with van der Waals surface area (Å²) >= 11 is 0. The van der Waals surface area contributed by atoms with E-state index in [1.165, 1.54) is 6.42 Å². The summed E-state index contributed by atoms with van der Waals surface area (Å²) < 4.78 is 0. The Morgan fingerprint density at radius 3 is 2.00 bits per heavy atom. The lowest BCUT2D eigenvalue weighted by Gasteiger charge is -2.27. The van der Waals surface area contributed by atoms with Gasteiger partial charge in [0.2, 0.25) is 0 Å². The van der Waals surface area contributed by atoms with Gasteiger partial charge in [-0.3, -0.25) is 0 Å². The topological polar surface area (TPSA) is 68.3 Å². The van der Waals surface area contributed by atoms with Gasteiger partial charge in [-0.25, -0.2) is 0 Å². The molecule has 5 N–H and O–H groups in total. The Kier molecular flexibility index (Phi) is 12.4. The maximum atomic E-state index is 8.63. The molecule has 0 aromatic carbocycles. The second-order valence-corrected chi connectivity index (χ2v) is 6.39. The molecule has 1 saturated heterocycles. The quantitative estimate of drug-likeness (QED) is 0.412. The Morgan fingerprint density at radius 1 is 1.05 bits per heavy atom. The predicted molar refractivity (Wildman–Crippen MR) is 87.2 cm³/mol. The zero-order chi connectivity index (χ0) is 15.3. The molecule has 0 saturated carbocycles. The minimum atomic E-state index is 0.115. The van der Waals surface area contributed by atoms with Crippen molar-refractivity contribution in [2.45, 2.75) is 39.7 Å². The van der Waals surface area contributed by atoms with Crippen LogP contribution in [-0.2, 0) is 0 Å². The van der Waals surface area contributed by atoms with Crippen molar-refractivity contribution >= 4 is 0 Å². The third-order valence-electron chi connectivity index (χ3n) is 3.14. The van der Waals surface area contributed by atoms with Gasteiger partial charge in [-0.15, -0.1) is 0 Å². The van der Waals surface area contributed by atoms with Crippen LogP contribution in [0, 0.1) is 5.92 Å². The zero-order valence-corrected chi connectivity index (χ0v) is 13.9. The Balaban J connectivity index is 0.000000493. The molecule has 0 radical (unpaired) electrons. The maximum Gasteiger partial charge on any atom is 0.0555 e. The Morgan fingerprint density at radius 2 is 1.60 bits per heavy atom. The molecule has 1 aliphatic heterocycles. The van der Waals surface area contributed by atoms with Crippen molar-refractivity contribution in [3.05, 3.63) is 0 Å². The van der Waals surface area contributed by atoms with Gasteiger partial charge >= 0.3 is 0 Å². The highest BCUT2D eigenvalue weighted by Crippen LogP contribution is 2.02. The van der Waals surface area contributed by atoms with Crippen LogP contribution in [0.2, 0.25) is 0 Å². The summed E-state index contributed by atoms with van der Waals surface area (Å²) in [6, 6.07) is 0. The van der Waals surface area contributed by atoms with Gasteiger partial charge < -0.3 is 26.4 Å². The maximum absolute atomic E-state index is 8.63. The molecule has 1 fully saturated rings. The van der Waals surface area contributed by atoms with Crippen molar-refractivity contribution in [2.24, 2.45) is 5.92 Å². The summed E-state index contributed by atoms with van der Waals surface area (Å²) in [6.45, 7) is 16.2. The average molecular weight is 288 g/mol. The minimum Gasteiger partial charge on any atom is -0.395 e. The smallest absolute Gasteiger partial charge is 0.0555 e. The van der Waals surface area contributed by atoms with Crippen LogP contribution in [-0.4, -0.2) is 63.1 Å². The van der Waals surface area contributed by atoms with E-state index in [2.05, 4.69) is 49.0 Å². The molecule has 1 heterocycles. The van der Waals surface area contributed by atoms with E-state index in [0.717, 1.165) is 45.2 Å². The van der Waals surface area contributed by atoms with Crippen molar-refractivity contribution in [3.63, 3.8) is 0 Å². The highest BCUT2D eigenvalue weighted by atomic mass is 16.3. The molecule has 122 valence electrons. The Bertz CT molecular complexity index is 195. The van der Waals surface area contributed by atoms with E-state index < -0.39 is 0 Å². The highest BCUT2D eigenvalue weighted by molar-refractivity contribution is 4.79. The van der Waals surface area contributed by atoms with Crippen LogP contribution in [0.5, 0.6) is 0 Å². The molecule has 0 amide bonds. The van der Waals surface area contributed by atoms with Crippen LogP contribution in [0.25, 0.3) is 0 Å². The fourth-order valence-electron chi connectivity index (χ4n) is 1.85. The van der Waals surface area contributed by atoms with Crippen LogP contribution >= 0.6 is 0 Å². The van der Waals surface area contributed by atoms with E-state index in [-0.39, 0.29) is 12.1 Å². The van der Waals surface area contributed by atoms with Gasteiger partial charge in [0.15, 0.2) is 0 Å². The first-order valence-corrected chi connectivity index (χ1v) is 7.96. The molecule has 0 unspecified atom stereocenters. The first kappa shape index (κ1) is 19.8. The third kappa shape index (κ3) is 14.2. The number of piperazine rings is 1. The monoisotopic (exact) mass is 288 g/mol. The first-order chi connectivity index (χ1) is 9.48. The number of aliphatic hydroxyl groups is 1. The van der Waals surface area contributed by atoms with Crippen molar-refractivity contribution in [2.75, 3.05) is 52.4 Å². The zero-order valence-electron chi connectivity index (χ0n) is 13.9. The molecule has 20 heavy (non-hydrogen) atoms. The number of hydrogen-bond donors (Lipinski definition) is 5. The van der Waals surface area contributed by atoms with E-state index in [0.29, 0.717) is 6.54 Å². The van der Waals surface area contributed by atoms with Crippen LogP contribution in [0.4, 0.5) is 0 Å². The SMILES string of the molecule is C1CNCCN1.CC(C)CCNC(C)(C)CNCCO. The Hall–Kier alpha value is -0.200. The van der Waals surface area contributed by atoms with Crippen molar-refractivity contribution in [3.8, 4) is 0 Å². The summed E-state index contributed by atoms with van der Waals surface area (Å²) in [7, 11) is 0. The van der Waals surface area contributed by atoms with Crippen molar-refractivity contribution in [1.29, 1.82) is 0 Å². The molecular formula is C15H36N4O. The Labute approximate surface area is 125 Å². The summed E-state index contributed by atoms with van der Waals surface area (Å²) in [6.07, 6.45) is 1.21. The molecular weight excluding hydrogens is 252 g/mol. The van der Waals surface area contributed by atoms with Gasteiger partial charge in [-0.2, -0.15) is 0 Å². The van der Waals surface area contributed by atoms with Gasteiger partial charge in [-0.1, -0.05) is 13.8 Å². The van der Waals surface area contributed by atoms with E-state index in [9.17, 15) is 0 Å². The summed E-state index contributed by atoms with van der Waals surface area (Å²) in [4.78, 5) is 0. The number of aliphatic hydroxyl groups excluding tert-OH is 1. The molecule has 0 aromatic heterocycles. The lowest BCUT2D eigenvalue weighted by Crippen LogP contribution is -2.48. The molecule has 0 aromatic rings. The van der Waals surface area contributed by atoms with E-state index in [4.69, 9.17) is 5.11 Å². The van der Waals surface area contributed by atoms with E-state index in [1.807, 2.05) is 0 Å². The second-order valence-electron chi connectivity index (χ2n) is 6.39.